The molecule has 1 amide bonds. The summed E-state index contributed by atoms with van der Waals surface area (Å²) in [6.07, 6.45) is 4.66. The van der Waals surface area contributed by atoms with Crippen LogP contribution in [0.15, 0.2) is 35.3 Å². The predicted molar refractivity (Wildman–Crippen MR) is 111 cm³/mol. The maximum atomic E-state index is 13.8. The van der Waals surface area contributed by atoms with E-state index in [-0.39, 0.29) is 29.3 Å². The van der Waals surface area contributed by atoms with Crippen LogP contribution < -0.4 is 5.56 Å². The summed E-state index contributed by atoms with van der Waals surface area (Å²) in [4.78, 5) is 31.1. The van der Waals surface area contributed by atoms with Crippen molar-refractivity contribution in [2.75, 3.05) is 33.4 Å². The number of hydrogen-bond donors (Lipinski definition) is 1. The predicted octanol–water partition coefficient (Wildman–Crippen LogP) is 1.37. The van der Waals surface area contributed by atoms with Gasteiger partial charge in [0.1, 0.15) is 6.04 Å². The molecule has 0 radical (unpaired) electrons. The normalized spacial score (nSPS) is 28.5. The monoisotopic (exact) mass is 411 g/mol. The van der Waals surface area contributed by atoms with E-state index in [1.165, 1.54) is 0 Å². The number of carbonyl (C=O) groups is 1. The molecule has 0 aromatic carbocycles. The number of methoxy groups -OCH3 is 1. The number of aromatic nitrogens is 3. The van der Waals surface area contributed by atoms with E-state index in [0.717, 1.165) is 56.8 Å². The largest absolute Gasteiger partial charge is 0.383 e. The molecule has 4 atom stereocenters. The molecule has 2 saturated heterocycles. The molecule has 2 fully saturated rings. The fourth-order valence-corrected chi connectivity index (χ4v) is 5.75. The molecule has 1 N–H and O–H groups in total. The lowest BCUT2D eigenvalue weighted by Gasteiger charge is -2.47. The third kappa shape index (κ3) is 3.37. The number of nitrogens with zero attached hydrogens (tertiary/aromatic N) is 4. The van der Waals surface area contributed by atoms with Crippen LogP contribution >= 0.6 is 0 Å². The van der Waals surface area contributed by atoms with Gasteiger partial charge in [0.25, 0.3) is 5.56 Å². The highest BCUT2D eigenvalue weighted by Gasteiger charge is 2.46. The van der Waals surface area contributed by atoms with Crippen LogP contribution in [-0.4, -0.2) is 69.9 Å². The topological polar surface area (TPSA) is 83.5 Å². The van der Waals surface area contributed by atoms with Crippen molar-refractivity contribution in [2.45, 2.75) is 43.8 Å². The van der Waals surface area contributed by atoms with Gasteiger partial charge in [-0.1, -0.05) is 6.07 Å². The molecular weight excluding hydrogens is 382 g/mol. The Morgan fingerprint density at radius 3 is 3.00 bits per heavy atom. The van der Waals surface area contributed by atoms with E-state index in [4.69, 9.17) is 4.74 Å². The van der Waals surface area contributed by atoms with Crippen molar-refractivity contribution in [3.05, 3.63) is 52.2 Å². The molecule has 0 saturated carbocycles. The van der Waals surface area contributed by atoms with E-state index < -0.39 is 6.04 Å². The van der Waals surface area contributed by atoms with E-state index in [1.54, 1.807) is 23.9 Å². The highest BCUT2D eigenvalue weighted by molar-refractivity contribution is 5.82. The second-order valence-electron chi connectivity index (χ2n) is 8.86. The van der Waals surface area contributed by atoms with E-state index in [2.05, 4.69) is 15.1 Å². The number of rotatable bonds is 5. The van der Waals surface area contributed by atoms with Gasteiger partial charge < -0.3 is 9.64 Å². The van der Waals surface area contributed by atoms with Crippen molar-refractivity contribution in [1.82, 2.24) is 24.6 Å². The van der Waals surface area contributed by atoms with E-state index in [9.17, 15) is 9.59 Å². The SMILES string of the molecule is COC[C@@H]1CCCN1C(=O)[C@H]1[C@H]2C[C@H](CN(Cc3ccn[nH]3)C2)c2cccc(=O)n21. The minimum absolute atomic E-state index is 0.0648. The van der Waals surface area contributed by atoms with Crippen LogP contribution in [0.3, 0.4) is 0 Å². The summed E-state index contributed by atoms with van der Waals surface area (Å²) in [6.45, 7) is 3.76. The first-order valence-electron chi connectivity index (χ1n) is 10.9. The van der Waals surface area contributed by atoms with Gasteiger partial charge in [0, 0.05) is 68.8 Å². The summed E-state index contributed by atoms with van der Waals surface area (Å²) in [6, 6.07) is 7.10. The lowest BCUT2D eigenvalue weighted by Crippen LogP contribution is -2.54. The Kier molecular flexibility index (Phi) is 5.20. The molecule has 3 aliphatic heterocycles. The summed E-state index contributed by atoms with van der Waals surface area (Å²) in [5.74, 6) is 0.462. The minimum Gasteiger partial charge on any atom is -0.383 e. The Labute approximate surface area is 175 Å². The average molecular weight is 412 g/mol. The zero-order valence-corrected chi connectivity index (χ0v) is 17.4. The number of H-pyrrole nitrogens is 1. The maximum Gasteiger partial charge on any atom is 0.251 e. The van der Waals surface area contributed by atoms with Crippen molar-refractivity contribution < 1.29 is 9.53 Å². The van der Waals surface area contributed by atoms with Crippen molar-refractivity contribution in [3.63, 3.8) is 0 Å². The second kappa shape index (κ2) is 8.00. The summed E-state index contributed by atoms with van der Waals surface area (Å²) in [5, 5.41) is 7.10. The molecule has 8 heteroatoms. The first-order chi connectivity index (χ1) is 14.7. The van der Waals surface area contributed by atoms with Crippen molar-refractivity contribution in [3.8, 4) is 0 Å². The number of amides is 1. The highest BCUT2D eigenvalue weighted by atomic mass is 16.5. The van der Waals surface area contributed by atoms with Crippen LogP contribution in [0.2, 0.25) is 0 Å². The highest BCUT2D eigenvalue weighted by Crippen LogP contribution is 2.42. The van der Waals surface area contributed by atoms with Gasteiger partial charge in [-0.2, -0.15) is 5.10 Å². The first-order valence-corrected chi connectivity index (χ1v) is 10.9. The van der Waals surface area contributed by atoms with Crippen LogP contribution in [0.5, 0.6) is 0 Å². The Hall–Kier alpha value is -2.45. The molecule has 160 valence electrons. The maximum absolute atomic E-state index is 13.8. The molecule has 2 aromatic heterocycles. The lowest BCUT2D eigenvalue weighted by molar-refractivity contribution is -0.140. The molecule has 2 aromatic rings. The van der Waals surface area contributed by atoms with Crippen molar-refractivity contribution in [1.29, 1.82) is 0 Å². The van der Waals surface area contributed by atoms with Crippen LogP contribution in [0.1, 0.15) is 42.6 Å². The number of piperidine rings is 1. The van der Waals surface area contributed by atoms with Crippen LogP contribution in [0.25, 0.3) is 0 Å². The molecule has 5 rings (SSSR count). The number of hydrogen-bond acceptors (Lipinski definition) is 5. The molecule has 2 bridgehead atoms. The second-order valence-corrected chi connectivity index (χ2v) is 8.86. The molecule has 0 aliphatic carbocycles. The quantitative estimate of drug-likeness (QED) is 0.804. The Balaban J connectivity index is 1.49. The lowest BCUT2D eigenvalue weighted by atomic mass is 9.78. The third-order valence-electron chi connectivity index (χ3n) is 6.95. The molecule has 0 unspecified atom stereocenters. The minimum atomic E-state index is -0.438. The fraction of sp³-hybridized carbons (Fsp3) is 0.591. The number of pyridine rings is 1. The smallest absolute Gasteiger partial charge is 0.251 e. The first kappa shape index (κ1) is 19.5. The molecule has 8 nitrogen and oxygen atoms in total. The Morgan fingerprint density at radius 2 is 2.20 bits per heavy atom. The van der Waals surface area contributed by atoms with Gasteiger partial charge in [-0.05, 0) is 31.4 Å². The van der Waals surface area contributed by atoms with Gasteiger partial charge in [-0.15, -0.1) is 0 Å². The van der Waals surface area contributed by atoms with Crippen LogP contribution in [0.4, 0.5) is 0 Å². The number of nitrogens with one attached hydrogen (secondary N) is 1. The van der Waals surface area contributed by atoms with Gasteiger partial charge in [0.05, 0.1) is 12.6 Å². The molecular formula is C22H29N5O3. The number of fused-ring (bicyclic) bond motifs is 4. The van der Waals surface area contributed by atoms with Crippen LogP contribution in [0, 0.1) is 5.92 Å². The Bertz CT molecular complexity index is 956. The summed E-state index contributed by atoms with van der Waals surface area (Å²) in [5.41, 5.74) is 2.00. The Morgan fingerprint density at radius 1 is 1.30 bits per heavy atom. The van der Waals surface area contributed by atoms with Gasteiger partial charge in [-0.25, -0.2) is 0 Å². The number of aromatic amines is 1. The van der Waals surface area contributed by atoms with Gasteiger partial charge in [0.2, 0.25) is 5.91 Å². The molecule has 3 aliphatic rings. The zero-order valence-electron chi connectivity index (χ0n) is 17.4. The van der Waals surface area contributed by atoms with Crippen LogP contribution in [-0.2, 0) is 16.1 Å². The van der Waals surface area contributed by atoms with E-state index in [0.29, 0.717) is 6.61 Å². The summed E-state index contributed by atoms with van der Waals surface area (Å²) >= 11 is 0. The average Bonchev–Trinajstić information content (AvgIpc) is 3.41. The van der Waals surface area contributed by atoms with Crippen molar-refractivity contribution >= 4 is 5.91 Å². The number of ether oxygens (including phenoxy) is 1. The fourth-order valence-electron chi connectivity index (χ4n) is 5.75. The standard InChI is InChI=1S/C22H29N5O3/c1-30-14-18-4-3-9-26(18)22(29)21-16-10-15(19-5-2-6-20(28)27(19)21)11-25(12-16)13-17-7-8-23-24-17/h2,5-8,15-16,18,21H,3-4,9-14H2,1H3,(H,23,24)/t15-,16+,18+,21-/m1/s1. The number of carbonyl (C=O) groups excluding carboxylic acids is 1. The van der Waals surface area contributed by atoms with Gasteiger partial charge in [-0.3, -0.25) is 24.2 Å². The van der Waals surface area contributed by atoms with E-state index >= 15 is 0 Å². The summed E-state index contributed by atoms with van der Waals surface area (Å²) < 4.78 is 7.17. The van der Waals surface area contributed by atoms with Gasteiger partial charge in [0.15, 0.2) is 0 Å². The molecule has 5 heterocycles. The van der Waals surface area contributed by atoms with Crippen molar-refractivity contribution in [2.24, 2.45) is 5.92 Å². The summed E-state index contributed by atoms with van der Waals surface area (Å²) in [7, 11) is 1.68. The molecule has 0 spiro atoms. The zero-order chi connectivity index (χ0) is 20.7. The van der Waals surface area contributed by atoms with E-state index in [1.807, 2.05) is 23.1 Å². The molecule has 30 heavy (non-hydrogen) atoms. The third-order valence-corrected chi connectivity index (χ3v) is 6.95. The van der Waals surface area contributed by atoms with Gasteiger partial charge >= 0.3 is 0 Å². The number of likely N-dealkylation sites (tertiary alicyclic amines) is 2.